The highest BCUT2D eigenvalue weighted by molar-refractivity contribution is 6.30. The van der Waals surface area contributed by atoms with Gasteiger partial charge in [0.25, 0.3) is 11.5 Å². The van der Waals surface area contributed by atoms with Gasteiger partial charge in [0.15, 0.2) is 11.5 Å². The number of urea groups is 1. The Morgan fingerprint density at radius 1 is 0.878 bits per heavy atom. The molecule has 4 amide bonds. The van der Waals surface area contributed by atoms with E-state index in [2.05, 4.69) is 10.2 Å². The van der Waals surface area contributed by atoms with Gasteiger partial charge in [-0.1, -0.05) is 30.3 Å². The smallest absolute Gasteiger partial charge is 0.335 e. The summed E-state index contributed by atoms with van der Waals surface area (Å²) in [6.07, 6.45) is 0.994. The predicted molar refractivity (Wildman–Crippen MR) is 151 cm³/mol. The molecule has 2 aromatic carbocycles. The van der Waals surface area contributed by atoms with Gasteiger partial charge in [0, 0.05) is 43.9 Å². The van der Waals surface area contributed by atoms with Crippen LogP contribution in [-0.2, 0) is 22.6 Å². The fourth-order valence-corrected chi connectivity index (χ4v) is 6.68. The normalized spacial score (nSPS) is 24.0. The maximum atomic E-state index is 14.4. The molecule has 3 atom stereocenters. The molecule has 0 radical (unpaired) electrons. The largest absolute Gasteiger partial charge is 0.493 e. The maximum absolute atomic E-state index is 14.4. The molecule has 2 bridgehead atoms. The highest BCUT2D eigenvalue weighted by Crippen LogP contribution is 2.40. The van der Waals surface area contributed by atoms with Gasteiger partial charge in [0.1, 0.15) is 5.41 Å². The van der Waals surface area contributed by atoms with Gasteiger partial charge in [-0.2, -0.15) is 0 Å². The Labute approximate surface area is 237 Å². The van der Waals surface area contributed by atoms with Crippen molar-refractivity contribution in [2.24, 2.45) is 11.3 Å². The number of para-hydroxylation sites is 1. The zero-order valence-electron chi connectivity index (χ0n) is 23.0. The minimum atomic E-state index is -1.59. The molecule has 10 heteroatoms. The predicted octanol–water partition coefficient (Wildman–Crippen LogP) is 2.80. The molecule has 3 aliphatic heterocycles. The van der Waals surface area contributed by atoms with Crippen LogP contribution in [0.25, 0.3) is 0 Å². The van der Waals surface area contributed by atoms with Crippen LogP contribution in [0.5, 0.6) is 11.5 Å². The topological polar surface area (TPSA) is 110 Å². The van der Waals surface area contributed by atoms with Crippen molar-refractivity contribution in [3.63, 3.8) is 0 Å². The van der Waals surface area contributed by atoms with Crippen LogP contribution in [0.4, 0.5) is 10.5 Å². The number of hydrogen-bond acceptors (Lipinski definition) is 7. The van der Waals surface area contributed by atoms with Crippen molar-refractivity contribution in [2.45, 2.75) is 25.3 Å². The Kier molecular flexibility index (Phi) is 6.86. The van der Waals surface area contributed by atoms with E-state index in [1.807, 2.05) is 10.6 Å². The molecular formula is C31H32N4O6. The number of nitrogens with one attached hydrogen (secondary N) is 1. The molecule has 41 heavy (non-hydrogen) atoms. The molecule has 2 fully saturated rings. The minimum absolute atomic E-state index is 0.00516. The first-order chi connectivity index (χ1) is 19.8. The van der Waals surface area contributed by atoms with Gasteiger partial charge in [-0.3, -0.25) is 19.7 Å². The van der Waals surface area contributed by atoms with Crippen molar-refractivity contribution >= 4 is 23.5 Å². The van der Waals surface area contributed by atoms with Crippen LogP contribution in [0.15, 0.2) is 71.5 Å². The summed E-state index contributed by atoms with van der Waals surface area (Å²) in [6.45, 7) is 1.93. The van der Waals surface area contributed by atoms with E-state index in [4.69, 9.17) is 9.47 Å². The van der Waals surface area contributed by atoms with Crippen LogP contribution in [0.3, 0.4) is 0 Å². The van der Waals surface area contributed by atoms with Crippen molar-refractivity contribution in [1.82, 2.24) is 14.8 Å². The number of rotatable bonds is 7. The standard InChI is InChI=1S/C31H32N4O6/c1-40-25-12-11-20(14-26(25)41-2)15-31(28(37)32-30(39)35(29(31)38)23-7-4-3-5-8-23)19-33-16-21-13-22(18-33)24-9-6-10-27(36)34(24)17-21/h3-12,14,21-22H,13,15-19H2,1-2H3,(H,32,37,39)/t21?,22-,31?/m0/s1. The number of pyridine rings is 1. The molecule has 10 nitrogen and oxygen atoms in total. The third-order valence-electron chi connectivity index (χ3n) is 8.49. The van der Waals surface area contributed by atoms with E-state index in [9.17, 15) is 19.2 Å². The average molecular weight is 557 g/mol. The number of amides is 4. The van der Waals surface area contributed by atoms with E-state index in [1.165, 1.54) is 7.11 Å². The van der Waals surface area contributed by atoms with Crippen molar-refractivity contribution in [3.05, 3.63) is 88.3 Å². The minimum Gasteiger partial charge on any atom is -0.493 e. The average Bonchev–Trinajstić information content (AvgIpc) is 2.97. The van der Waals surface area contributed by atoms with Crippen LogP contribution in [-0.4, -0.2) is 61.2 Å². The summed E-state index contributed by atoms with van der Waals surface area (Å²) in [4.78, 5) is 57.1. The fourth-order valence-electron chi connectivity index (χ4n) is 6.68. The molecule has 0 spiro atoms. The number of benzene rings is 2. The van der Waals surface area contributed by atoms with Gasteiger partial charge in [0.05, 0.1) is 19.9 Å². The molecule has 1 N–H and O–H groups in total. The van der Waals surface area contributed by atoms with Crippen LogP contribution < -0.4 is 25.2 Å². The van der Waals surface area contributed by atoms with Crippen LogP contribution in [0.1, 0.15) is 23.6 Å². The quantitative estimate of drug-likeness (QED) is 0.446. The fraction of sp³-hybridized carbons (Fsp3) is 0.355. The van der Waals surface area contributed by atoms with Gasteiger partial charge < -0.3 is 18.9 Å². The van der Waals surface area contributed by atoms with Gasteiger partial charge in [-0.05, 0) is 54.7 Å². The van der Waals surface area contributed by atoms with Crippen molar-refractivity contribution < 1.29 is 23.9 Å². The highest BCUT2D eigenvalue weighted by atomic mass is 16.5. The summed E-state index contributed by atoms with van der Waals surface area (Å²) in [5.41, 5.74) is 0.471. The van der Waals surface area contributed by atoms with Crippen LogP contribution in [0, 0.1) is 11.3 Å². The van der Waals surface area contributed by atoms with E-state index in [1.54, 1.807) is 67.8 Å². The highest BCUT2D eigenvalue weighted by Gasteiger charge is 2.56. The zero-order valence-corrected chi connectivity index (χ0v) is 23.0. The molecule has 3 aromatic rings. The summed E-state index contributed by atoms with van der Waals surface area (Å²) in [5.74, 6) is 0.121. The SMILES string of the molecule is COc1ccc(CC2(CN3CC4C[C@@H](C3)c3cccc(=O)n3C4)C(=O)NC(=O)N(c3ccccc3)C2=O)cc1OC. The number of fused-ring (bicyclic) bond motifs is 4. The molecule has 0 aliphatic carbocycles. The summed E-state index contributed by atoms with van der Waals surface area (Å²) >= 11 is 0. The number of hydrogen-bond donors (Lipinski definition) is 1. The van der Waals surface area contributed by atoms with Crippen molar-refractivity contribution in [2.75, 3.05) is 38.8 Å². The number of barbiturate groups is 1. The van der Waals surface area contributed by atoms with Gasteiger partial charge in [0.2, 0.25) is 5.91 Å². The van der Waals surface area contributed by atoms with E-state index < -0.39 is 23.3 Å². The number of anilines is 1. The maximum Gasteiger partial charge on any atom is 0.335 e. The number of methoxy groups -OCH3 is 2. The number of imide groups is 2. The number of ether oxygens (including phenoxy) is 2. The monoisotopic (exact) mass is 556 g/mol. The second-order valence-electron chi connectivity index (χ2n) is 11.1. The van der Waals surface area contributed by atoms with E-state index >= 15 is 0 Å². The lowest BCUT2D eigenvalue weighted by atomic mass is 9.75. The molecular weight excluding hydrogens is 524 g/mol. The first-order valence-corrected chi connectivity index (χ1v) is 13.7. The Morgan fingerprint density at radius 3 is 2.41 bits per heavy atom. The summed E-state index contributed by atoms with van der Waals surface area (Å²) in [5, 5.41) is 2.48. The van der Waals surface area contributed by atoms with Crippen molar-refractivity contribution in [1.29, 1.82) is 0 Å². The Hall–Kier alpha value is -4.44. The second kappa shape index (κ2) is 10.5. The third-order valence-corrected chi connectivity index (χ3v) is 8.49. The molecule has 212 valence electrons. The Morgan fingerprint density at radius 2 is 1.66 bits per heavy atom. The molecule has 6 rings (SSSR count). The first-order valence-electron chi connectivity index (χ1n) is 13.7. The summed E-state index contributed by atoms with van der Waals surface area (Å²) in [6, 6.07) is 18.5. The molecule has 3 aliphatic rings. The number of carbonyl (C=O) groups is 3. The number of aromatic nitrogens is 1. The van der Waals surface area contributed by atoms with E-state index in [0.29, 0.717) is 42.4 Å². The lowest BCUT2D eigenvalue weighted by molar-refractivity contribution is -0.144. The third kappa shape index (κ3) is 4.67. The van der Waals surface area contributed by atoms with Crippen LogP contribution in [0.2, 0.25) is 0 Å². The summed E-state index contributed by atoms with van der Waals surface area (Å²) in [7, 11) is 3.07. The van der Waals surface area contributed by atoms with Gasteiger partial charge in [-0.25, -0.2) is 9.69 Å². The zero-order chi connectivity index (χ0) is 28.7. The summed E-state index contributed by atoms with van der Waals surface area (Å²) < 4.78 is 12.7. The number of likely N-dealkylation sites (tertiary alicyclic amines) is 1. The molecule has 4 heterocycles. The second-order valence-corrected chi connectivity index (χ2v) is 11.1. The lowest BCUT2D eigenvalue weighted by Crippen LogP contribution is -2.68. The number of carbonyl (C=O) groups excluding carboxylic acids is 3. The molecule has 0 saturated carbocycles. The Balaban J connectivity index is 1.39. The lowest BCUT2D eigenvalue weighted by Gasteiger charge is -2.47. The molecule has 2 saturated heterocycles. The number of piperidine rings is 1. The number of nitrogens with zero attached hydrogens (tertiary/aromatic N) is 3. The van der Waals surface area contributed by atoms with E-state index in [0.717, 1.165) is 17.0 Å². The molecule has 1 aromatic heterocycles. The van der Waals surface area contributed by atoms with Crippen LogP contribution >= 0.6 is 0 Å². The van der Waals surface area contributed by atoms with Gasteiger partial charge >= 0.3 is 6.03 Å². The van der Waals surface area contributed by atoms with Crippen molar-refractivity contribution in [3.8, 4) is 11.5 Å². The first kappa shape index (κ1) is 26.8. The Bertz CT molecular complexity index is 1570. The molecule has 2 unspecified atom stereocenters. The van der Waals surface area contributed by atoms with E-state index in [-0.39, 0.29) is 30.4 Å². The van der Waals surface area contributed by atoms with Gasteiger partial charge in [-0.15, -0.1) is 0 Å².